The number of allylic oxidation sites excluding steroid dienone is 1. The molecule has 0 saturated carbocycles. The molecule has 0 spiro atoms. The Hall–Kier alpha value is -3.12. The topological polar surface area (TPSA) is 67.9 Å². The van der Waals surface area contributed by atoms with Crippen LogP contribution in [0.5, 0.6) is 0 Å². The van der Waals surface area contributed by atoms with Gasteiger partial charge in [-0.2, -0.15) is 0 Å². The Balaban J connectivity index is 1.91. The lowest BCUT2D eigenvalue weighted by Gasteiger charge is -2.33. The smallest absolute Gasteiger partial charge is 0.338 e. The third-order valence-electron chi connectivity index (χ3n) is 4.85. The first-order chi connectivity index (χ1) is 13.5. The Kier molecular flexibility index (Phi) is 6.11. The summed E-state index contributed by atoms with van der Waals surface area (Å²) < 4.78 is 10.3. The van der Waals surface area contributed by atoms with E-state index >= 15 is 0 Å². The van der Waals surface area contributed by atoms with Crippen LogP contribution < -0.4 is 5.32 Å². The predicted molar refractivity (Wildman–Crippen MR) is 106 cm³/mol. The first-order valence-corrected chi connectivity index (χ1v) is 9.09. The molecule has 1 atom stereocenters. The predicted octanol–water partition coefficient (Wildman–Crippen LogP) is 3.51. The largest absolute Gasteiger partial charge is 0.460 e. The van der Waals surface area contributed by atoms with Crippen LogP contribution in [0, 0.1) is 0 Å². The summed E-state index contributed by atoms with van der Waals surface area (Å²) in [5.74, 6) is -0.460. The van der Waals surface area contributed by atoms with E-state index in [1.807, 2.05) is 54.6 Å². The van der Waals surface area contributed by atoms with Gasteiger partial charge in [0.15, 0.2) is 0 Å². The van der Waals surface area contributed by atoms with Crippen molar-refractivity contribution in [3.8, 4) is 11.1 Å². The molecule has 0 bridgehead atoms. The molecule has 146 valence electrons. The van der Waals surface area contributed by atoms with E-state index in [9.17, 15) is 9.59 Å². The fourth-order valence-corrected chi connectivity index (χ4v) is 3.14. The maximum atomic E-state index is 12.7. The summed E-state index contributed by atoms with van der Waals surface area (Å²) in [5.41, 5.74) is 3.98. The summed E-state index contributed by atoms with van der Waals surface area (Å²) in [6.07, 6.45) is 0. The average molecular weight is 380 g/mol. The Labute approximate surface area is 164 Å². The van der Waals surface area contributed by atoms with E-state index in [4.69, 9.17) is 9.47 Å². The first-order valence-electron chi connectivity index (χ1n) is 9.09. The molecule has 0 fully saturated rings. The average Bonchev–Trinajstić information content (AvgIpc) is 2.72. The number of rotatable bonds is 6. The lowest BCUT2D eigenvalue weighted by Crippen LogP contribution is -2.46. The van der Waals surface area contributed by atoms with Gasteiger partial charge >= 0.3 is 12.0 Å². The van der Waals surface area contributed by atoms with Crippen molar-refractivity contribution in [1.82, 2.24) is 10.2 Å². The van der Waals surface area contributed by atoms with E-state index in [-0.39, 0.29) is 12.6 Å². The van der Waals surface area contributed by atoms with Crippen molar-refractivity contribution >= 4 is 12.0 Å². The zero-order valence-electron chi connectivity index (χ0n) is 16.3. The number of carbonyl (C=O) groups excluding carboxylic acids is 2. The second-order valence-corrected chi connectivity index (χ2v) is 6.56. The number of amides is 2. The van der Waals surface area contributed by atoms with Crippen molar-refractivity contribution in [1.29, 1.82) is 0 Å². The number of hydrogen-bond donors (Lipinski definition) is 1. The highest BCUT2D eigenvalue weighted by molar-refractivity contribution is 5.95. The van der Waals surface area contributed by atoms with Crippen molar-refractivity contribution in [3.05, 3.63) is 71.4 Å². The highest BCUT2D eigenvalue weighted by Gasteiger charge is 2.34. The number of esters is 1. The van der Waals surface area contributed by atoms with Crippen molar-refractivity contribution < 1.29 is 19.1 Å². The Bertz CT molecular complexity index is 875. The van der Waals surface area contributed by atoms with Crippen LogP contribution in [0.4, 0.5) is 4.79 Å². The van der Waals surface area contributed by atoms with Gasteiger partial charge < -0.3 is 19.7 Å². The fourth-order valence-electron chi connectivity index (χ4n) is 3.14. The van der Waals surface area contributed by atoms with E-state index in [0.717, 1.165) is 16.7 Å². The second kappa shape index (κ2) is 8.71. The molecule has 3 rings (SSSR count). The zero-order chi connectivity index (χ0) is 20.1. The maximum absolute atomic E-state index is 12.7. The van der Waals surface area contributed by atoms with Crippen LogP contribution in [0.25, 0.3) is 11.1 Å². The third kappa shape index (κ3) is 4.07. The van der Waals surface area contributed by atoms with Gasteiger partial charge in [0.05, 0.1) is 18.2 Å². The van der Waals surface area contributed by atoms with Crippen molar-refractivity contribution in [2.24, 2.45) is 0 Å². The number of methoxy groups -OCH3 is 1. The van der Waals surface area contributed by atoms with Gasteiger partial charge in [-0.05, 0) is 23.6 Å². The summed E-state index contributed by atoms with van der Waals surface area (Å²) in [4.78, 5) is 26.4. The first kappa shape index (κ1) is 19.6. The van der Waals surface area contributed by atoms with E-state index < -0.39 is 12.0 Å². The quantitative estimate of drug-likeness (QED) is 0.615. The van der Waals surface area contributed by atoms with Gasteiger partial charge in [0.1, 0.15) is 6.61 Å². The molecule has 0 saturated heterocycles. The molecule has 0 aliphatic carbocycles. The molecule has 0 aromatic heterocycles. The number of hydrogen-bond acceptors (Lipinski definition) is 4. The molecule has 0 radical (unpaired) electrons. The van der Waals surface area contributed by atoms with Gasteiger partial charge in [-0.15, -0.1) is 0 Å². The number of nitrogens with one attached hydrogen (secondary N) is 1. The minimum absolute atomic E-state index is 0.156. The van der Waals surface area contributed by atoms with Gasteiger partial charge in [0, 0.05) is 19.9 Å². The monoisotopic (exact) mass is 380 g/mol. The molecule has 1 aliphatic heterocycles. The summed E-state index contributed by atoms with van der Waals surface area (Å²) >= 11 is 0. The Morgan fingerprint density at radius 2 is 1.68 bits per heavy atom. The standard InChI is InChI=1S/C22H24N2O4/c1-15-19(21(25)28-14-13-27-3)20(23-22(26)24(15)2)18-11-9-17(10-12-18)16-7-5-4-6-8-16/h4-12,20H,13-14H2,1-3H3,(H,23,26)/t20-/m1/s1. The number of urea groups is 1. The van der Waals surface area contributed by atoms with E-state index in [0.29, 0.717) is 17.9 Å². The van der Waals surface area contributed by atoms with Crippen LogP contribution >= 0.6 is 0 Å². The van der Waals surface area contributed by atoms with Crippen LogP contribution in [0.15, 0.2) is 65.9 Å². The number of carbonyl (C=O) groups is 2. The minimum Gasteiger partial charge on any atom is -0.460 e. The third-order valence-corrected chi connectivity index (χ3v) is 4.85. The van der Waals surface area contributed by atoms with Gasteiger partial charge in [-0.1, -0.05) is 54.6 Å². The molecular formula is C22H24N2O4. The van der Waals surface area contributed by atoms with Crippen molar-refractivity contribution in [3.63, 3.8) is 0 Å². The molecule has 6 nitrogen and oxygen atoms in total. The lowest BCUT2D eigenvalue weighted by atomic mass is 9.93. The van der Waals surface area contributed by atoms with Gasteiger partial charge in [-0.3, -0.25) is 0 Å². The Morgan fingerprint density at radius 1 is 1.04 bits per heavy atom. The van der Waals surface area contributed by atoms with E-state index in [1.165, 1.54) is 4.90 Å². The van der Waals surface area contributed by atoms with Crippen LogP contribution in [0.3, 0.4) is 0 Å². The summed E-state index contributed by atoms with van der Waals surface area (Å²) in [6.45, 7) is 2.22. The molecule has 28 heavy (non-hydrogen) atoms. The number of benzene rings is 2. The molecular weight excluding hydrogens is 356 g/mol. The van der Waals surface area contributed by atoms with Gasteiger partial charge in [0.25, 0.3) is 0 Å². The maximum Gasteiger partial charge on any atom is 0.338 e. The Morgan fingerprint density at radius 3 is 2.32 bits per heavy atom. The molecule has 2 aromatic carbocycles. The van der Waals surface area contributed by atoms with Gasteiger partial charge in [-0.25, -0.2) is 9.59 Å². The summed E-state index contributed by atoms with van der Waals surface area (Å²) in [7, 11) is 3.17. The highest BCUT2D eigenvalue weighted by atomic mass is 16.6. The van der Waals surface area contributed by atoms with Crippen LogP contribution in [-0.2, 0) is 14.3 Å². The summed E-state index contributed by atoms with van der Waals surface area (Å²) in [6, 6.07) is 17.0. The molecule has 2 amide bonds. The number of nitrogens with zero attached hydrogens (tertiary/aromatic N) is 1. The lowest BCUT2D eigenvalue weighted by molar-refractivity contribution is -0.140. The van der Waals surface area contributed by atoms with E-state index in [2.05, 4.69) is 5.32 Å². The van der Waals surface area contributed by atoms with Crippen LogP contribution in [0.2, 0.25) is 0 Å². The van der Waals surface area contributed by atoms with Crippen LogP contribution in [-0.4, -0.2) is 44.3 Å². The van der Waals surface area contributed by atoms with Gasteiger partial charge in [0.2, 0.25) is 0 Å². The normalized spacial score (nSPS) is 16.8. The van der Waals surface area contributed by atoms with Crippen molar-refractivity contribution in [2.45, 2.75) is 13.0 Å². The molecule has 1 N–H and O–H groups in total. The van der Waals surface area contributed by atoms with Crippen LogP contribution in [0.1, 0.15) is 18.5 Å². The minimum atomic E-state index is -0.566. The van der Waals surface area contributed by atoms with E-state index in [1.54, 1.807) is 21.1 Å². The highest BCUT2D eigenvalue weighted by Crippen LogP contribution is 2.31. The van der Waals surface area contributed by atoms with Crippen molar-refractivity contribution in [2.75, 3.05) is 27.4 Å². The molecule has 1 heterocycles. The molecule has 6 heteroatoms. The molecule has 0 unspecified atom stereocenters. The molecule has 2 aromatic rings. The molecule has 1 aliphatic rings. The second-order valence-electron chi connectivity index (χ2n) is 6.56. The zero-order valence-corrected chi connectivity index (χ0v) is 16.3. The fraction of sp³-hybridized carbons (Fsp3) is 0.273. The summed E-state index contributed by atoms with van der Waals surface area (Å²) in [5, 5.41) is 2.89. The number of ether oxygens (including phenoxy) is 2. The SMILES string of the molecule is COCCOC(=O)C1=C(C)N(C)C(=O)N[C@@H]1c1ccc(-c2ccccc2)cc1.